The maximum absolute atomic E-state index is 3.65. The lowest BCUT2D eigenvalue weighted by Gasteiger charge is -2.32. The maximum Gasteiger partial charge on any atom is 0.00141 e. The first kappa shape index (κ1) is 8.28. The standard InChI is InChI=1S/C12H21N/c1-9-3-11-5-10(2)6-12(11,4-9)8-13-7-11/h9-10,13H,3-8H2,1-2H3. The quantitative estimate of drug-likeness (QED) is 0.602. The lowest BCUT2D eigenvalue weighted by Crippen LogP contribution is -2.30. The van der Waals surface area contributed by atoms with Crippen molar-refractivity contribution < 1.29 is 0 Å². The molecule has 0 amide bonds. The molecule has 0 aromatic rings. The van der Waals surface area contributed by atoms with Gasteiger partial charge in [-0.3, -0.25) is 0 Å². The summed E-state index contributed by atoms with van der Waals surface area (Å²) in [5.41, 5.74) is 1.46. The molecule has 1 nitrogen and oxygen atoms in total. The van der Waals surface area contributed by atoms with Gasteiger partial charge in [0, 0.05) is 13.1 Å². The Hall–Kier alpha value is -0.0400. The van der Waals surface area contributed by atoms with Crippen molar-refractivity contribution in [2.75, 3.05) is 13.1 Å². The van der Waals surface area contributed by atoms with Gasteiger partial charge >= 0.3 is 0 Å². The van der Waals surface area contributed by atoms with E-state index in [-0.39, 0.29) is 0 Å². The van der Waals surface area contributed by atoms with Crippen molar-refractivity contribution in [3.05, 3.63) is 0 Å². The molecule has 3 fully saturated rings. The van der Waals surface area contributed by atoms with Crippen LogP contribution in [-0.4, -0.2) is 13.1 Å². The Kier molecular flexibility index (Phi) is 1.47. The lowest BCUT2D eigenvalue weighted by molar-refractivity contribution is 0.184. The first-order valence-electron chi connectivity index (χ1n) is 5.87. The molecule has 0 bridgehead atoms. The molecule has 2 aliphatic carbocycles. The summed E-state index contributed by atoms with van der Waals surface area (Å²) >= 11 is 0. The van der Waals surface area contributed by atoms with Gasteiger partial charge in [-0.25, -0.2) is 0 Å². The third-order valence-corrected chi connectivity index (χ3v) is 5.01. The SMILES string of the molecule is CC1CC23CNCC2(C1)CC(C)C3. The predicted molar refractivity (Wildman–Crippen MR) is 54.5 cm³/mol. The van der Waals surface area contributed by atoms with Crippen LogP contribution in [0.15, 0.2) is 0 Å². The normalized spacial score (nSPS) is 59.5. The Bertz CT molecular complexity index is 197. The van der Waals surface area contributed by atoms with E-state index in [1.165, 1.54) is 38.8 Å². The van der Waals surface area contributed by atoms with Crippen LogP contribution < -0.4 is 5.32 Å². The number of rotatable bonds is 0. The molecule has 1 saturated heterocycles. The van der Waals surface area contributed by atoms with E-state index >= 15 is 0 Å². The fourth-order valence-corrected chi connectivity index (χ4v) is 5.05. The van der Waals surface area contributed by atoms with E-state index in [0.29, 0.717) is 0 Å². The second kappa shape index (κ2) is 2.31. The van der Waals surface area contributed by atoms with E-state index in [0.717, 1.165) is 22.7 Å². The summed E-state index contributed by atoms with van der Waals surface area (Å²) in [4.78, 5) is 0. The topological polar surface area (TPSA) is 12.0 Å². The van der Waals surface area contributed by atoms with Gasteiger partial charge in [0.1, 0.15) is 0 Å². The first-order valence-corrected chi connectivity index (χ1v) is 5.87. The summed E-state index contributed by atoms with van der Waals surface area (Å²) in [6, 6.07) is 0. The minimum absolute atomic E-state index is 0.728. The third-order valence-electron chi connectivity index (χ3n) is 5.01. The summed E-state index contributed by atoms with van der Waals surface area (Å²) in [6.07, 6.45) is 6.02. The molecule has 3 aliphatic rings. The Morgan fingerprint density at radius 3 is 1.62 bits per heavy atom. The van der Waals surface area contributed by atoms with E-state index in [1.54, 1.807) is 0 Å². The van der Waals surface area contributed by atoms with E-state index in [9.17, 15) is 0 Å². The molecule has 0 radical (unpaired) electrons. The van der Waals surface area contributed by atoms with E-state index in [4.69, 9.17) is 0 Å². The zero-order valence-electron chi connectivity index (χ0n) is 8.90. The molecule has 3 rings (SSSR count). The summed E-state index contributed by atoms with van der Waals surface area (Å²) < 4.78 is 0. The lowest BCUT2D eigenvalue weighted by atomic mass is 9.71. The molecule has 2 saturated carbocycles. The van der Waals surface area contributed by atoms with E-state index in [2.05, 4.69) is 19.2 Å². The van der Waals surface area contributed by atoms with E-state index in [1.807, 2.05) is 0 Å². The van der Waals surface area contributed by atoms with Crippen LogP contribution in [0.3, 0.4) is 0 Å². The van der Waals surface area contributed by atoms with Crippen molar-refractivity contribution in [3.8, 4) is 0 Å². The van der Waals surface area contributed by atoms with Gasteiger partial charge in [-0.1, -0.05) is 13.8 Å². The minimum atomic E-state index is 0.728. The molecule has 1 aliphatic heterocycles. The van der Waals surface area contributed by atoms with Gasteiger partial charge in [-0.2, -0.15) is 0 Å². The van der Waals surface area contributed by atoms with Gasteiger partial charge in [0.2, 0.25) is 0 Å². The molecule has 0 spiro atoms. The van der Waals surface area contributed by atoms with Crippen molar-refractivity contribution in [1.82, 2.24) is 5.32 Å². The molecule has 13 heavy (non-hydrogen) atoms. The summed E-state index contributed by atoms with van der Waals surface area (Å²) in [7, 11) is 0. The highest BCUT2D eigenvalue weighted by Gasteiger charge is 2.63. The smallest absolute Gasteiger partial charge is 0.00141 e. The summed E-state index contributed by atoms with van der Waals surface area (Å²) in [5, 5.41) is 3.65. The number of hydrogen-bond acceptors (Lipinski definition) is 1. The average molecular weight is 179 g/mol. The molecule has 0 aromatic heterocycles. The second-order valence-electron chi connectivity index (χ2n) is 6.19. The van der Waals surface area contributed by atoms with Gasteiger partial charge in [0.05, 0.1) is 0 Å². The van der Waals surface area contributed by atoms with Gasteiger partial charge in [-0.15, -0.1) is 0 Å². The van der Waals surface area contributed by atoms with Crippen molar-refractivity contribution in [2.24, 2.45) is 22.7 Å². The van der Waals surface area contributed by atoms with Crippen molar-refractivity contribution >= 4 is 0 Å². The Balaban J connectivity index is 2.00. The van der Waals surface area contributed by atoms with Crippen LogP contribution in [-0.2, 0) is 0 Å². The van der Waals surface area contributed by atoms with Gasteiger partial charge in [-0.05, 0) is 48.3 Å². The molecule has 1 N–H and O–H groups in total. The van der Waals surface area contributed by atoms with Crippen LogP contribution in [0.25, 0.3) is 0 Å². The second-order valence-corrected chi connectivity index (χ2v) is 6.19. The first-order chi connectivity index (χ1) is 6.16. The van der Waals surface area contributed by atoms with Crippen LogP contribution in [0.5, 0.6) is 0 Å². The molecule has 0 atom stereocenters. The zero-order valence-corrected chi connectivity index (χ0v) is 8.90. The van der Waals surface area contributed by atoms with Gasteiger partial charge in [0.25, 0.3) is 0 Å². The molecular formula is C12H21N. The van der Waals surface area contributed by atoms with Crippen LogP contribution >= 0.6 is 0 Å². The van der Waals surface area contributed by atoms with Crippen LogP contribution in [0.1, 0.15) is 39.5 Å². The molecule has 1 heterocycles. The number of hydrogen-bond donors (Lipinski definition) is 1. The Morgan fingerprint density at radius 1 is 0.846 bits per heavy atom. The molecular weight excluding hydrogens is 158 g/mol. The summed E-state index contributed by atoms with van der Waals surface area (Å²) in [5.74, 6) is 1.99. The van der Waals surface area contributed by atoms with Crippen molar-refractivity contribution in [1.29, 1.82) is 0 Å². The molecule has 74 valence electrons. The zero-order chi connectivity index (χ0) is 9.10. The third kappa shape index (κ3) is 0.869. The largest absolute Gasteiger partial charge is 0.316 e. The average Bonchev–Trinajstić information content (AvgIpc) is 2.42. The minimum Gasteiger partial charge on any atom is -0.316 e. The van der Waals surface area contributed by atoms with Crippen LogP contribution in [0, 0.1) is 22.7 Å². The predicted octanol–water partition coefficient (Wildman–Crippen LogP) is 2.42. The molecule has 0 unspecified atom stereocenters. The Labute approximate surface area is 81.3 Å². The monoisotopic (exact) mass is 179 g/mol. The highest BCUT2D eigenvalue weighted by Crippen LogP contribution is 2.67. The Morgan fingerprint density at radius 2 is 1.23 bits per heavy atom. The van der Waals surface area contributed by atoms with Crippen LogP contribution in [0.2, 0.25) is 0 Å². The molecule has 1 heteroatoms. The van der Waals surface area contributed by atoms with Crippen molar-refractivity contribution in [2.45, 2.75) is 39.5 Å². The van der Waals surface area contributed by atoms with Crippen molar-refractivity contribution in [3.63, 3.8) is 0 Å². The maximum atomic E-state index is 3.65. The molecule has 0 aromatic carbocycles. The van der Waals surface area contributed by atoms with Gasteiger partial charge in [0.15, 0.2) is 0 Å². The fourth-order valence-electron chi connectivity index (χ4n) is 5.05. The van der Waals surface area contributed by atoms with Gasteiger partial charge < -0.3 is 5.32 Å². The van der Waals surface area contributed by atoms with Crippen LogP contribution in [0.4, 0.5) is 0 Å². The fraction of sp³-hybridized carbons (Fsp3) is 1.00. The van der Waals surface area contributed by atoms with E-state index < -0.39 is 0 Å². The highest BCUT2D eigenvalue weighted by molar-refractivity contribution is 5.15. The number of nitrogens with one attached hydrogen (secondary N) is 1. The summed E-state index contributed by atoms with van der Waals surface area (Å²) in [6.45, 7) is 7.55. The highest BCUT2D eigenvalue weighted by atomic mass is 15.0.